The normalized spacial score (nSPS) is 15.6. The van der Waals surface area contributed by atoms with Crippen LogP contribution in [0.25, 0.3) is 5.82 Å². The van der Waals surface area contributed by atoms with Crippen LogP contribution in [0.4, 0.5) is 0 Å². The lowest BCUT2D eigenvalue weighted by Gasteiger charge is -2.42. The van der Waals surface area contributed by atoms with Crippen molar-refractivity contribution in [2.45, 2.75) is 24.7 Å². The van der Waals surface area contributed by atoms with Crippen molar-refractivity contribution in [2.75, 3.05) is 6.54 Å². The van der Waals surface area contributed by atoms with Crippen molar-refractivity contribution in [3.8, 4) is 5.82 Å². The summed E-state index contributed by atoms with van der Waals surface area (Å²) < 4.78 is 3.64. The summed E-state index contributed by atoms with van der Waals surface area (Å²) in [5.41, 5.74) is 1.99. The highest BCUT2D eigenvalue weighted by atomic mass is 16.1. The van der Waals surface area contributed by atoms with Gasteiger partial charge in [0.15, 0.2) is 0 Å². The Bertz CT molecular complexity index is 861. The van der Waals surface area contributed by atoms with Crippen LogP contribution in [0.5, 0.6) is 0 Å². The number of nitrogens with one attached hydrogen (secondary N) is 1. The zero-order chi connectivity index (χ0) is 17.3. The number of aryl methyl sites for hydroxylation is 1. The first kappa shape index (κ1) is 15.7. The molecule has 5 heteroatoms. The monoisotopic (exact) mass is 334 g/mol. The molecule has 1 fully saturated rings. The van der Waals surface area contributed by atoms with Crippen LogP contribution in [-0.2, 0) is 12.5 Å². The van der Waals surface area contributed by atoms with E-state index in [0.717, 1.165) is 18.7 Å². The maximum Gasteiger partial charge on any atom is 0.256 e. The standard InChI is InChI=1S/C20H22N4O/c1-23-19(24-12-5-6-13-24)17(14-22-23)18(25)21-15-20(10-7-11-20)16-8-3-2-4-9-16/h2-6,8-9,12-14H,7,10-11,15H2,1H3,(H,21,25). The molecule has 1 amide bonds. The van der Waals surface area contributed by atoms with E-state index < -0.39 is 0 Å². The highest BCUT2D eigenvalue weighted by Crippen LogP contribution is 2.43. The molecule has 1 aliphatic carbocycles. The van der Waals surface area contributed by atoms with Crippen molar-refractivity contribution < 1.29 is 4.79 Å². The van der Waals surface area contributed by atoms with Crippen molar-refractivity contribution in [2.24, 2.45) is 7.05 Å². The SMILES string of the molecule is Cn1ncc(C(=O)NCC2(c3ccccc3)CCC2)c1-n1cccc1. The van der Waals surface area contributed by atoms with E-state index >= 15 is 0 Å². The first-order valence-electron chi connectivity index (χ1n) is 8.69. The summed E-state index contributed by atoms with van der Waals surface area (Å²) in [5.74, 6) is 0.712. The Hall–Kier alpha value is -2.82. The lowest BCUT2D eigenvalue weighted by molar-refractivity contribution is 0.0928. The summed E-state index contributed by atoms with van der Waals surface area (Å²) in [4.78, 5) is 12.8. The fraction of sp³-hybridized carbons (Fsp3) is 0.300. The van der Waals surface area contributed by atoms with Gasteiger partial charge in [0.1, 0.15) is 11.4 Å². The number of aromatic nitrogens is 3. The molecule has 2 aromatic heterocycles. The van der Waals surface area contributed by atoms with Gasteiger partial charge in [0.2, 0.25) is 0 Å². The molecule has 0 bridgehead atoms. The summed E-state index contributed by atoms with van der Waals surface area (Å²) in [6.45, 7) is 0.663. The zero-order valence-corrected chi connectivity index (χ0v) is 14.4. The summed E-state index contributed by atoms with van der Waals surface area (Å²) in [6, 6.07) is 14.4. The molecule has 1 N–H and O–H groups in total. The fourth-order valence-corrected chi connectivity index (χ4v) is 3.68. The first-order valence-corrected chi connectivity index (χ1v) is 8.69. The Morgan fingerprint density at radius 2 is 1.88 bits per heavy atom. The molecule has 0 unspecified atom stereocenters. The Balaban J connectivity index is 1.54. The Morgan fingerprint density at radius 3 is 2.52 bits per heavy atom. The van der Waals surface area contributed by atoms with Crippen molar-refractivity contribution in [3.05, 3.63) is 72.2 Å². The van der Waals surface area contributed by atoms with Crippen LogP contribution in [0.2, 0.25) is 0 Å². The predicted octanol–water partition coefficient (Wildman–Crippen LogP) is 3.06. The summed E-state index contributed by atoms with van der Waals surface area (Å²) in [7, 11) is 1.85. The van der Waals surface area contributed by atoms with Crippen molar-refractivity contribution in [3.63, 3.8) is 0 Å². The van der Waals surface area contributed by atoms with Gasteiger partial charge < -0.3 is 9.88 Å². The van der Waals surface area contributed by atoms with Crippen LogP contribution in [0.15, 0.2) is 61.1 Å². The number of nitrogens with zero attached hydrogens (tertiary/aromatic N) is 3. The van der Waals surface area contributed by atoms with Crippen LogP contribution in [0.3, 0.4) is 0 Å². The highest BCUT2D eigenvalue weighted by Gasteiger charge is 2.38. The number of carbonyl (C=O) groups is 1. The number of benzene rings is 1. The minimum Gasteiger partial charge on any atom is -0.351 e. The quantitative estimate of drug-likeness (QED) is 0.780. The third kappa shape index (κ3) is 2.76. The smallest absolute Gasteiger partial charge is 0.256 e. The molecule has 128 valence electrons. The number of amides is 1. The van der Waals surface area contributed by atoms with E-state index in [1.165, 1.54) is 12.0 Å². The van der Waals surface area contributed by atoms with Crippen LogP contribution in [0.1, 0.15) is 35.2 Å². The summed E-state index contributed by atoms with van der Waals surface area (Å²) in [5, 5.41) is 7.42. The Labute approximate surface area is 147 Å². The largest absolute Gasteiger partial charge is 0.351 e. The second-order valence-corrected chi connectivity index (χ2v) is 6.78. The number of rotatable bonds is 5. The van der Waals surface area contributed by atoms with Crippen molar-refractivity contribution >= 4 is 5.91 Å². The highest BCUT2D eigenvalue weighted by molar-refractivity contribution is 5.97. The maximum atomic E-state index is 12.8. The number of hydrogen-bond donors (Lipinski definition) is 1. The predicted molar refractivity (Wildman–Crippen MR) is 96.8 cm³/mol. The minimum absolute atomic E-state index is 0.0704. The molecule has 1 aliphatic rings. The topological polar surface area (TPSA) is 51.9 Å². The molecule has 2 heterocycles. The zero-order valence-electron chi connectivity index (χ0n) is 14.4. The Kier molecular flexibility index (Phi) is 3.92. The molecule has 1 aromatic carbocycles. The van der Waals surface area contributed by atoms with Crippen LogP contribution in [-0.4, -0.2) is 26.8 Å². The molecular weight excluding hydrogens is 312 g/mol. The van der Waals surface area contributed by atoms with Crippen LogP contribution >= 0.6 is 0 Å². The molecule has 25 heavy (non-hydrogen) atoms. The van der Waals surface area contributed by atoms with Gasteiger partial charge in [0.05, 0.1) is 6.20 Å². The first-order chi connectivity index (χ1) is 12.2. The van der Waals surface area contributed by atoms with Crippen molar-refractivity contribution in [1.29, 1.82) is 0 Å². The summed E-state index contributed by atoms with van der Waals surface area (Å²) >= 11 is 0. The summed E-state index contributed by atoms with van der Waals surface area (Å²) in [6.07, 6.45) is 8.94. The van der Waals surface area contributed by atoms with Gasteiger partial charge in [-0.05, 0) is 30.5 Å². The van der Waals surface area contributed by atoms with E-state index in [0.29, 0.717) is 12.1 Å². The average molecular weight is 334 g/mol. The van der Waals surface area contributed by atoms with E-state index in [1.807, 2.05) is 42.2 Å². The van der Waals surface area contributed by atoms with Gasteiger partial charge in [-0.15, -0.1) is 0 Å². The third-order valence-electron chi connectivity index (χ3n) is 5.29. The third-order valence-corrected chi connectivity index (χ3v) is 5.29. The average Bonchev–Trinajstić information content (AvgIpc) is 3.24. The van der Waals surface area contributed by atoms with Gasteiger partial charge in [-0.2, -0.15) is 5.10 Å². The molecule has 4 rings (SSSR count). The molecule has 5 nitrogen and oxygen atoms in total. The molecule has 0 spiro atoms. The van der Waals surface area contributed by atoms with Gasteiger partial charge >= 0.3 is 0 Å². The van der Waals surface area contributed by atoms with E-state index in [2.05, 4.69) is 34.7 Å². The van der Waals surface area contributed by atoms with E-state index in [9.17, 15) is 4.79 Å². The number of hydrogen-bond acceptors (Lipinski definition) is 2. The van der Waals surface area contributed by atoms with Crippen LogP contribution < -0.4 is 5.32 Å². The molecule has 0 radical (unpaired) electrons. The van der Waals surface area contributed by atoms with E-state index in [-0.39, 0.29) is 11.3 Å². The van der Waals surface area contributed by atoms with Gasteiger partial charge in [-0.3, -0.25) is 9.48 Å². The second kappa shape index (κ2) is 6.24. The van der Waals surface area contributed by atoms with Gasteiger partial charge in [-0.1, -0.05) is 36.8 Å². The number of carbonyl (C=O) groups excluding carboxylic acids is 1. The van der Waals surface area contributed by atoms with Gasteiger partial charge in [0, 0.05) is 31.4 Å². The molecule has 0 atom stereocenters. The van der Waals surface area contributed by atoms with E-state index in [1.54, 1.807) is 10.9 Å². The molecular formula is C20H22N4O. The second-order valence-electron chi connectivity index (χ2n) is 6.78. The molecule has 1 saturated carbocycles. The maximum absolute atomic E-state index is 12.8. The molecule has 0 saturated heterocycles. The lowest BCUT2D eigenvalue weighted by Crippen LogP contribution is -2.45. The molecule has 0 aliphatic heterocycles. The van der Waals surface area contributed by atoms with Crippen LogP contribution in [0, 0.1) is 0 Å². The van der Waals surface area contributed by atoms with Gasteiger partial charge in [-0.25, -0.2) is 0 Å². The van der Waals surface area contributed by atoms with E-state index in [4.69, 9.17) is 0 Å². The minimum atomic E-state index is -0.0704. The Morgan fingerprint density at radius 1 is 1.16 bits per heavy atom. The van der Waals surface area contributed by atoms with Crippen molar-refractivity contribution in [1.82, 2.24) is 19.7 Å². The lowest BCUT2D eigenvalue weighted by atomic mass is 9.64. The fourth-order valence-electron chi connectivity index (χ4n) is 3.68. The van der Waals surface area contributed by atoms with Gasteiger partial charge in [0.25, 0.3) is 5.91 Å². The molecule has 3 aromatic rings.